The third-order valence-corrected chi connectivity index (χ3v) is 6.85. The molecule has 0 saturated heterocycles. The number of nitrogens with zero attached hydrogens (tertiary/aromatic N) is 1. The molecule has 0 unspecified atom stereocenters. The van der Waals surface area contributed by atoms with E-state index in [1.807, 2.05) is 43.3 Å². The molecule has 1 fully saturated rings. The van der Waals surface area contributed by atoms with Gasteiger partial charge in [0.05, 0.1) is 0 Å². The normalized spacial score (nSPS) is 17.0. The number of anilines is 1. The van der Waals surface area contributed by atoms with Gasteiger partial charge in [0.1, 0.15) is 5.60 Å². The summed E-state index contributed by atoms with van der Waals surface area (Å²) in [5.74, 6) is 0.608. The molecule has 2 rings (SSSR count). The second-order valence-corrected chi connectivity index (χ2v) is 10.8. The summed E-state index contributed by atoms with van der Waals surface area (Å²) in [5.41, 5.74) is 6.02. The number of rotatable bonds is 9. The van der Waals surface area contributed by atoms with Crippen molar-refractivity contribution in [2.24, 2.45) is 11.7 Å². The van der Waals surface area contributed by atoms with Crippen molar-refractivity contribution < 1.29 is 14.3 Å². The Balaban J connectivity index is 2.02. The smallest absolute Gasteiger partial charge is 0.337 e. The lowest BCUT2D eigenvalue weighted by molar-refractivity contribution is -0.163. The van der Waals surface area contributed by atoms with Gasteiger partial charge in [-0.15, -0.1) is 0 Å². The van der Waals surface area contributed by atoms with Gasteiger partial charge >= 0.3 is 5.97 Å². The lowest BCUT2D eigenvalue weighted by Crippen LogP contribution is -2.63. The third kappa shape index (κ3) is 8.04. The first kappa shape index (κ1) is 25.5. The van der Waals surface area contributed by atoms with E-state index >= 15 is 0 Å². The Morgan fingerprint density at radius 1 is 1.13 bits per heavy atom. The first-order valence-electron chi connectivity index (χ1n) is 11.2. The van der Waals surface area contributed by atoms with E-state index in [9.17, 15) is 9.59 Å². The third-order valence-electron chi connectivity index (χ3n) is 5.48. The minimum atomic E-state index is -1.71. The van der Waals surface area contributed by atoms with Gasteiger partial charge in [0.2, 0.25) is 5.54 Å². The number of amides is 1. The minimum absolute atomic E-state index is 0.212. The second kappa shape index (κ2) is 11.2. The highest BCUT2D eigenvalue weighted by Gasteiger charge is 2.45. The van der Waals surface area contributed by atoms with Crippen LogP contribution in [-0.2, 0) is 20.9 Å². The highest BCUT2D eigenvalue weighted by Crippen LogP contribution is 2.28. The van der Waals surface area contributed by atoms with Crippen LogP contribution in [0, 0.1) is 5.92 Å². The standard InChI is InChI=1S/C24H39N3O3S/c1-23(2,3)30-22(29)24(25,17-31-16-19-9-7-6-8-10-19)21(28)26-15-18-11-13-20(14-12-18)27(4)5/h11-14,19H,6-10,15-17,25H2,1-5H3,(H,26,28)/t24-/m1/s1. The molecular formula is C24H39N3O3S. The van der Waals surface area contributed by atoms with E-state index in [1.54, 1.807) is 32.5 Å². The Morgan fingerprint density at radius 2 is 1.74 bits per heavy atom. The molecule has 0 radical (unpaired) electrons. The molecule has 1 aromatic carbocycles. The van der Waals surface area contributed by atoms with Gasteiger partial charge < -0.3 is 20.7 Å². The Morgan fingerprint density at radius 3 is 2.29 bits per heavy atom. The highest BCUT2D eigenvalue weighted by atomic mass is 32.2. The lowest BCUT2D eigenvalue weighted by atomic mass is 9.91. The topological polar surface area (TPSA) is 84.7 Å². The zero-order valence-electron chi connectivity index (χ0n) is 19.7. The fourth-order valence-electron chi connectivity index (χ4n) is 3.58. The Bertz CT molecular complexity index is 725. The molecule has 1 aliphatic carbocycles. The van der Waals surface area contributed by atoms with Crippen molar-refractivity contribution in [3.63, 3.8) is 0 Å². The maximum atomic E-state index is 13.1. The van der Waals surface area contributed by atoms with Gasteiger partial charge in [0.25, 0.3) is 5.91 Å². The molecular weight excluding hydrogens is 410 g/mol. The molecule has 1 aromatic rings. The molecule has 0 heterocycles. The fraction of sp³-hybridized carbons (Fsp3) is 0.667. The van der Waals surface area contributed by atoms with E-state index in [4.69, 9.17) is 10.5 Å². The molecule has 3 N–H and O–H groups in total. The van der Waals surface area contributed by atoms with Gasteiger partial charge in [-0.1, -0.05) is 31.4 Å². The predicted molar refractivity (Wildman–Crippen MR) is 129 cm³/mol. The highest BCUT2D eigenvalue weighted by molar-refractivity contribution is 7.99. The minimum Gasteiger partial charge on any atom is -0.458 e. The van der Waals surface area contributed by atoms with Crippen molar-refractivity contribution in [1.29, 1.82) is 0 Å². The number of nitrogens with one attached hydrogen (secondary N) is 1. The zero-order valence-corrected chi connectivity index (χ0v) is 20.5. The molecule has 31 heavy (non-hydrogen) atoms. The summed E-state index contributed by atoms with van der Waals surface area (Å²) < 4.78 is 5.52. The maximum absolute atomic E-state index is 13.1. The Hall–Kier alpha value is -1.73. The summed E-state index contributed by atoms with van der Waals surface area (Å²) in [7, 11) is 3.96. The fourth-order valence-corrected chi connectivity index (χ4v) is 4.93. The molecule has 0 aliphatic heterocycles. The second-order valence-electron chi connectivity index (χ2n) is 9.74. The van der Waals surface area contributed by atoms with E-state index in [1.165, 1.54) is 32.1 Å². The maximum Gasteiger partial charge on any atom is 0.337 e. The van der Waals surface area contributed by atoms with E-state index in [2.05, 4.69) is 5.32 Å². The average molecular weight is 450 g/mol. The number of carbonyl (C=O) groups is 2. The first-order chi connectivity index (χ1) is 14.5. The molecule has 0 bridgehead atoms. The number of benzene rings is 1. The summed E-state index contributed by atoms with van der Waals surface area (Å²) in [5, 5.41) is 2.85. The quantitative estimate of drug-likeness (QED) is 0.441. The van der Waals surface area contributed by atoms with Gasteiger partial charge in [-0.2, -0.15) is 11.8 Å². The number of nitrogens with two attached hydrogens (primary N) is 1. The monoisotopic (exact) mass is 449 g/mol. The number of hydrogen-bond acceptors (Lipinski definition) is 6. The number of esters is 1. The molecule has 1 amide bonds. The summed E-state index contributed by atoms with van der Waals surface area (Å²) in [4.78, 5) is 28.0. The average Bonchev–Trinajstić information content (AvgIpc) is 2.71. The number of thioether (sulfide) groups is 1. The summed E-state index contributed by atoms with van der Waals surface area (Å²) >= 11 is 1.58. The van der Waals surface area contributed by atoms with Crippen LogP contribution in [0.2, 0.25) is 0 Å². The van der Waals surface area contributed by atoms with Crippen molar-refractivity contribution in [3.8, 4) is 0 Å². The van der Waals surface area contributed by atoms with Crippen LogP contribution in [-0.4, -0.2) is 48.6 Å². The molecule has 0 aromatic heterocycles. The predicted octanol–water partition coefficient (Wildman–Crippen LogP) is 3.72. The van der Waals surface area contributed by atoms with Gasteiger partial charge in [0, 0.05) is 32.1 Å². The van der Waals surface area contributed by atoms with Crippen molar-refractivity contribution in [1.82, 2.24) is 5.32 Å². The van der Waals surface area contributed by atoms with Crippen molar-refractivity contribution >= 4 is 29.3 Å². The van der Waals surface area contributed by atoms with Crippen LogP contribution >= 0.6 is 11.8 Å². The zero-order chi connectivity index (χ0) is 23.1. The van der Waals surface area contributed by atoms with Crippen molar-refractivity contribution in [3.05, 3.63) is 29.8 Å². The van der Waals surface area contributed by atoms with Crippen LogP contribution < -0.4 is 16.0 Å². The van der Waals surface area contributed by atoms with Crippen LogP contribution in [0.1, 0.15) is 58.4 Å². The van der Waals surface area contributed by atoms with E-state index in [0.717, 1.165) is 17.0 Å². The summed E-state index contributed by atoms with van der Waals surface area (Å²) in [6.07, 6.45) is 6.26. The van der Waals surface area contributed by atoms with E-state index < -0.39 is 23.0 Å². The van der Waals surface area contributed by atoms with Gasteiger partial charge in [0.15, 0.2) is 0 Å². The molecule has 7 heteroatoms. The first-order valence-corrected chi connectivity index (χ1v) is 12.3. The van der Waals surface area contributed by atoms with E-state index in [0.29, 0.717) is 12.5 Å². The molecule has 174 valence electrons. The van der Waals surface area contributed by atoms with E-state index in [-0.39, 0.29) is 5.75 Å². The van der Waals surface area contributed by atoms with Gasteiger partial charge in [-0.3, -0.25) is 4.79 Å². The van der Waals surface area contributed by atoms with Crippen LogP contribution in [0.3, 0.4) is 0 Å². The van der Waals surface area contributed by atoms with Crippen LogP contribution in [0.25, 0.3) is 0 Å². The molecule has 1 atom stereocenters. The SMILES string of the molecule is CN(C)c1ccc(CNC(=O)[C@](N)(CSCC2CCCCC2)C(=O)OC(C)(C)C)cc1. The Labute approximate surface area is 191 Å². The Kier molecular flexibility index (Phi) is 9.25. The van der Waals surface area contributed by atoms with Crippen molar-refractivity contribution in [2.75, 3.05) is 30.5 Å². The molecule has 1 aliphatic rings. The van der Waals surface area contributed by atoms with Crippen LogP contribution in [0.5, 0.6) is 0 Å². The molecule has 0 spiro atoms. The van der Waals surface area contributed by atoms with Gasteiger partial charge in [-0.25, -0.2) is 4.79 Å². The van der Waals surface area contributed by atoms with Crippen LogP contribution in [0.15, 0.2) is 24.3 Å². The van der Waals surface area contributed by atoms with Gasteiger partial charge in [-0.05, 0) is 63.0 Å². The van der Waals surface area contributed by atoms with Crippen LogP contribution in [0.4, 0.5) is 5.69 Å². The number of carbonyl (C=O) groups excluding carboxylic acids is 2. The molecule has 1 saturated carbocycles. The summed E-state index contributed by atoms with van der Waals surface area (Å²) in [6.45, 7) is 5.65. The largest absolute Gasteiger partial charge is 0.458 e. The summed E-state index contributed by atoms with van der Waals surface area (Å²) in [6, 6.07) is 7.90. The molecule has 6 nitrogen and oxygen atoms in total. The number of hydrogen-bond donors (Lipinski definition) is 2. The lowest BCUT2D eigenvalue weighted by Gasteiger charge is -2.31. The number of ether oxygens (including phenoxy) is 1. The van der Waals surface area contributed by atoms with Crippen molar-refractivity contribution in [2.45, 2.75) is 70.6 Å².